The number of hydrazone groups is 1. The van der Waals surface area contributed by atoms with E-state index >= 15 is 0 Å². The van der Waals surface area contributed by atoms with Gasteiger partial charge in [-0.3, -0.25) is 5.01 Å². The molecule has 1 saturated heterocycles. The van der Waals surface area contributed by atoms with Gasteiger partial charge in [0.1, 0.15) is 5.69 Å². The zero-order valence-electron chi connectivity index (χ0n) is 13.5. The predicted octanol–water partition coefficient (Wildman–Crippen LogP) is 4.42. The second-order valence-corrected chi connectivity index (χ2v) is 6.90. The Labute approximate surface area is 146 Å². The summed E-state index contributed by atoms with van der Waals surface area (Å²) in [5.74, 6) is 0. The number of rotatable bonds is 4. The summed E-state index contributed by atoms with van der Waals surface area (Å²) in [6, 6.07) is 14.4. The fraction of sp³-hybridized carbons (Fsp3) is 0.263. The van der Waals surface area contributed by atoms with Gasteiger partial charge in [0.25, 0.3) is 0 Å². The number of thiophene rings is 1. The molecule has 1 aliphatic rings. The second kappa shape index (κ2) is 7.01. The third-order valence-electron chi connectivity index (χ3n) is 4.21. The van der Waals surface area contributed by atoms with Crippen LogP contribution >= 0.6 is 11.3 Å². The summed E-state index contributed by atoms with van der Waals surface area (Å²) < 4.78 is 1.94. The first kappa shape index (κ1) is 15.1. The Balaban J connectivity index is 1.68. The minimum atomic E-state index is 0.995. The first-order chi connectivity index (χ1) is 11.9. The van der Waals surface area contributed by atoms with Crippen molar-refractivity contribution in [1.82, 2.24) is 14.8 Å². The van der Waals surface area contributed by atoms with E-state index in [9.17, 15) is 0 Å². The van der Waals surface area contributed by atoms with Crippen LogP contribution in [0, 0.1) is 0 Å². The van der Waals surface area contributed by atoms with Crippen molar-refractivity contribution in [3.63, 3.8) is 0 Å². The molecule has 0 radical (unpaired) electrons. The van der Waals surface area contributed by atoms with Gasteiger partial charge in [-0.25, -0.2) is 4.68 Å². The Kier molecular flexibility index (Phi) is 4.42. The standard InChI is InChI=1S/C19H20N4S/c1-3-8-17(9-4-1)23-15-16(14-20-22-11-5-2-6-12-22)19(21-23)18-10-7-13-24-18/h1,3-4,7-10,13-15H,2,5-6,11-12H2/b20-14-. The highest BCUT2D eigenvalue weighted by molar-refractivity contribution is 7.13. The Morgan fingerprint density at radius 2 is 1.83 bits per heavy atom. The second-order valence-electron chi connectivity index (χ2n) is 5.95. The third kappa shape index (κ3) is 3.26. The highest BCUT2D eigenvalue weighted by Crippen LogP contribution is 2.27. The van der Waals surface area contributed by atoms with Gasteiger partial charge in [-0.05, 0) is 42.8 Å². The molecule has 122 valence electrons. The molecule has 5 heteroatoms. The molecule has 24 heavy (non-hydrogen) atoms. The van der Waals surface area contributed by atoms with Crippen LogP contribution in [0.1, 0.15) is 24.8 Å². The van der Waals surface area contributed by atoms with Gasteiger partial charge in [0.15, 0.2) is 0 Å². The predicted molar refractivity (Wildman–Crippen MR) is 99.9 cm³/mol. The lowest BCUT2D eigenvalue weighted by Gasteiger charge is -2.23. The van der Waals surface area contributed by atoms with Crippen molar-refractivity contribution < 1.29 is 0 Å². The van der Waals surface area contributed by atoms with Crippen molar-refractivity contribution >= 4 is 17.6 Å². The summed E-state index contributed by atoms with van der Waals surface area (Å²) in [5, 5.41) is 13.7. The molecular formula is C19H20N4S. The molecule has 0 spiro atoms. The van der Waals surface area contributed by atoms with E-state index in [1.165, 1.54) is 24.1 Å². The van der Waals surface area contributed by atoms with Crippen LogP contribution < -0.4 is 0 Å². The third-order valence-corrected chi connectivity index (χ3v) is 5.09. The van der Waals surface area contributed by atoms with Crippen LogP contribution in [0.15, 0.2) is 59.1 Å². The number of piperidine rings is 1. The lowest BCUT2D eigenvalue weighted by molar-refractivity contribution is 0.240. The van der Waals surface area contributed by atoms with Crippen LogP contribution in [0.3, 0.4) is 0 Å². The van der Waals surface area contributed by atoms with Gasteiger partial charge in [0.2, 0.25) is 0 Å². The summed E-state index contributed by atoms with van der Waals surface area (Å²) >= 11 is 1.71. The minimum Gasteiger partial charge on any atom is -0.297 e. The fourth-order valence-corrected chi connectivity index (χ4v) is 3.67. The van der Waals surface area contributed by atoms with Crippen LogP contribution in [-0.4, -0.2) is 34.1 Å². The SMILES string of the molecule is C(=N/N1CCCCC1)/c1cn(-c2ccccc2)nc1-c1cccs1. The first-order valence-electron chi connectivity index (χ1n) is 8.38. The van der Waals surface area contributed by atoms with Crippen molar-refractivity contribution in [3.05, 3.63) is 59.6 Å². The van der Waals surface area contributed by atoms with E-state index in [1.807, 2.05) is 29.1 Å². The van der Waals surface area contributed by atoms with Crippen molar-refractivity contribution in [2.75, 3.05) is 13.1 Å². The average Bonchev–Trinajstić information content (AvgIpc) is 3.31. The lowest BCUT2D eigenvalue weighted by atomic mass is 10.2. The average molecular weight is 336 g/mol. The van der Waals surface area contributed by atoms with Crippen LogP contribution in [0.4, 0.5) is 0 Å². The van der Waals surface area contributed by atoms with Gasteiger partial charge >= 0.3 is 0 Å². The minimum absolute atomic E-state index is 0.995. The van der Waals surface area contributed by atoms with E-state index in [4.69, 9.17) is 10.2 Å². The summed E-state index contributed by atoms with van der Waals surface area (Å²) in [6.07, 6.45) is 7.82. The van der Waals surface area contributed by atoms with Crippen LogP contribution in [-0.2, 0) is 0 Å². The molecule has 4 nitrogen and oxygen atoms in total. The normalized spacial score (nSPS) is 15.2. The molecule has 0 unspecified atom stereocenters. The fourth-order valence-electron chi connectivity index (χ4n) is 2.94. The molecule has 1 fully saturated rings. The van der Waals surface area contributed by atoms with Gasteiger partial charge in [0.05, 0.1) is 16.8 Å². The molecule has 2 aromatic heterocycles. The van der Waals surface area contributed by atoms with E-state index in [0.29, 0.717) is 0 Å². The Bertz CT molecular complexity index is 799. The zero-order valence-corrected chi connectivity index (χ0v) is 14.3. The molecule has 0 aliphatic carbocycles. The highest BCUT2D eigenvalue weighted by Gasteiger charge is 2.13. The topological polar surface area (TPSA) is 33.4 Å². The lowest BCUT2D eigenvalue weighted by Crippen LogP contribution is -2.24. The van der Waals surface area contributed by atoms with Gasteiger partial charge < -0.3 is 0 Å². The Hall–Kier alpha value is -2.40. The summed E-state index contributed by atoms with van der Waals surface area (Å²) in [5.41, 5.74) is 3.12. The van der Waals surface area contributed by atoms with Gasteiger partial charge in [-0.15, -0.1) is 11.3 Å². The van der Waals surface area contributed by atoms with Gasteiger partial charge in [0, 0.05) is 24.8 Å². The Morgan fingerprint density at radius 1 is 1.00 bits per heavy atom. The molecule has 4 rings (SSSR count). The molecule has 3 aromatic rings. The van der Waals surface area contributed by atoms with Crippen LogP contribution in [0.25, 0.3) is 16.3 Å². The first-order valence-corrected chi connectivity index (χ1v) is 9.26. The number of para-hydroxylation sites is 1. The number of benzene rings is 1. The van der Waals surface area contributed by atoms with E-state index in [-0.39, 0.29) is 0 Å². The maximum absolute atomic E-state index is 4.80. The molecule has 0 bridgehead atoms. The number of nitrogens with zero attached hydrogens (tertiary/aromatic N) is 4. The van der Waals surface area contributed by atoms with Gasteiger partial charge in [-0.1, -0.05) is 24.3 Å². The van der Waals surface area contributed by atoms with E-state index in [0.717, 1.165) is 30.0 Å². The molecule has 1 aliphatic heterocycles. The maximum Gasteiger partial charge on any atom is 0.112 e. The monoisotopic (exact) mass is 336 g/mol. The van der Waals surface area contributed by atoms with E-state index in [2.05, 4.69) is 40.9 Å². The van der Waals surface area contributed by atoms with Crippen molar-refractivity contribution in [1.29, 1.82) is 0 Å². The summed E-state index contributed by atoms with van der Waals surface area (Å²) in [4.78, 5) is 1.17. The van der Waals surface area contributed by atoms with Gasteiger partial charge in [-0.2, -0.15) is 10.2 Å². The van der Waals surface area contributed by atoms with Crippen LogP contribution in [0.2, 0.25) is 0 Å². The molecule has 0 N–H and O–H groups in total. The van der Waals surface area contributed by atoms with E-state index in [1.54, 1.807) is 11.3 Å². The summed E-state index contributed by atoms with van der Waals surface area (Å²) in [7, 11) is 0. The smallest absolute Gasteiger partial charge is 0.112 e. The number of aromatic nitrogens is 2. The Morgan fingerprint density at radius 3 is 2.58 bits per heavy atom. The molecular weight excluding hydrogens is 316 g/mol. The highest BCUT2D eigenvalue weighted by atomic mass is 32.1. The van der Waals surface area contributed by atoms with Crippen LogP contribution in [0.5, 0.6) is 0 Å². The van der Waals surface area contributed by atoms with Crippen molar-refractivity contribution in [2.45, 2.75) is 19.3 Å². The quantitative estimate of drug-likeness (QED) is 0.661. The number of hydrogen-bond acceptors (Lipinski definition) is 4. The molecule has 0 saturated carbocycles. The van der Waals surface area contributed by atoms with E-state index < -0.39 is 0 Å². The zero-order chi connectivity index (χ0) is 16.2. The summed E-state index contributed by atoms with van der Waals surface area (Å²) in [6.45, 7) is 2.11. The molecule has 1 aromatic carbocycles. The van der Waals surface area contributed by atoms with Crippen molar-refractivity contribution in [2.24, 2.45) is 5.10 Å². The van der Waals surface area contributed by atoms with Crippen molar-refractivity contribution in [3.8, 4) is 16.3 Å². The molecule has 0 amide bonds. The largest absolute Gasteiger partial charge is 0.297 e. The maximum atomic E-state index is 4.80. The molecule has 3 heterocycles. The number of hydrogen-bond donors (Lipinski definition) is 0. The molecule has 0 atom stereocenters.